The van der Waals surface area contributed by atoms with Gasteiger partial charge in [-0.15, -0.1) is 0 Å². The van der Waals surface area contributed by atoms with Gasteiger partial charge in [-0.1, -0.05) is 33.6 Å². The number of hydrogen-bond donors (Lipinski definition) is 1. The van der Waals surface area contributed by atoms with E-state index < -0.39 is 0 Å². The maximum absolute atomic E-state index is 4.55. The van der Waals surface area contributed by atoms with Crippen LogP contribution in [-0.2, 0) is 0 Å². The third-order valence-electron chi connectivity index (χ3n) is 5.91. The van der Waals surface area contributed by atoms with Gasteiger partial charge >= 0.3 is 0 Å². The summed E-state index contributed by atoms with van der Waals surface area (Å²) in [5, 5.41) is 3.66. The molecule has 0 aromatic heterocycles. The van der Waals surface area contributed by atoms with Gasteiger partial charge in [-0.25, -0.2) is 0 Å². The first-order valence-corrected chi connectivity index (χ1v) is 9.89. The molecular weight excluding hydrogens is 284 g/mol. The summed E-state index contributed by atoms with van der Waals surface area (Å²) in [6.45, 7) is 14.2. The molecule has 1 N–H and O–H groups in total. The van der Waals surface area contributed by atoms with E-state index in [1.54, 1.807) is 0 Å². The van der Waals surface area contributed by atoms with E-state index in [0.717, 1.165) is 30.3 Å². The van der Waals surface area contributed by atoms with Gasteiger partial charge in [-0.2, -0.15) is 0 Å². The maximum atomic E-state index is 4.55. The summed E-state index contributed by atoms with van der Waals surface area (Å²) in [6.07, 6.45) is 6.57. The molecule has 2 unspecified atom stereocenters. The summed E-state index contributed by atoms with van der Waals surface area (Å²) < 4.78 is 0. The monoisotopic (exact) mass is 322 g/mol. The number of nitrogens with zero attached hydrogens (tertiary/aromatic N) is 3. The van der Waals surface area contributed by atoms with Crippen molar-refractivity contribution < 1.29 is 0 Å². The second-order valence-corrected chi connectivity index (χ2v) is 7.45. The fourth-order valence-corrected chi connectivity index (χ4v) is 4.49. The highest BCUT2D eigenvalue weighted by Crippen LogP contribution is 2.28. The Morgan fingerprint density at radius 2 is 1.91 bits per heavy atom. The molecule has 2 aliphatic rings. The molecule has 4 nitrogen and oxygen atoms in total. The number of guanidine groups is 1. The van der Waals surface area contributed by atoms with E-state index in [2.05, 4.69) is 40.9 Å². The van der Waals surface area contributed by atoms with Crippen LogP contribution in [0.5, 0.6) is 0 Å². The largest absolute Gasteiger partial charge is 0.356 e. The molecule has 0 radical (unpaired) electrons. The van der Waals surface area contributed by atoms with Crippen molar-refractivity contribution in [2.75, 3.05) is 46.3 Å². The number of rotatable bonds is 7. The molecule has 0 spiro atoms. The number of hydrogen-bond acceptors (Lipinski definition) is 2. The zero-order valence-corrected chi connectivity index (χ0v) is 15.9. The molecule has 0 aromatic carbocycles. The van der Waals surface area contributed by atoms with Gasteiger partial charge in [0.1, 0.15) is 0 Å². The first-order chi connectivity index (χ1) is 11.2. The minimum absolute atomic E-state index is 0.788. The Kier molecular flexibility index (Phi) is 7.68. The standard InChI is InChI=1S/C19H38N4/c1-5-10-22-11-8-16(14-22)13-21-19(20-4)23-12-9-18(15-23)17(6-2)7-3/h16-18H,5-15H2,1-4H3,(H,20,21). The molecule has 2 saturated heterocycles. The molecule has 134 valence electrons. The van der Waals surface area contributed by atoms with Crippen molar-refractivity contribution in [3.05, 3.63) is 0 Å². The van der Waals surface area contributed by atoms with E-state index in [1.807, 2.05) is 7.05 Å². The van der Waals surface area contributed by atoms with Gasteiger partial charge in [-0.05, 0) is 50.1 Å². The van der Waals surface area contributed by atoms with Crippen molar-refractivity contribution in [1.29, 1.82) is 0 Å². The molecule has 2 atom stereocenters. The molecule has 0 bridgehead atoms. The van der Waals surface area contributed by atoms with Crippen LogP contribution in [0.15, 0.2) is 4.99 Å². The van der Waals surface area contributed by atoms with Crippen LogP contribution in [0.4, 0.5) is 0 Å². The van der Waals surface area contributed by atoms with Gasteiger partial charge in [0, 0.05) is 33.2 Å². The van der Waals surface area contributed by atoms with Gasteiger partial charge in [-0.3, -0.25) is 4.99 Å². The van der Waals surface area contributed by atoms with E-state index in [-0.39, 0.29) is 0 Å². The van der Waals surface area contributed by atoms with Crippen LogP contribution in [0.2, 0.25) is 0 Å². The lowest BCUT2D eigenvalue weighted by molar-refractivity contribution is 0.316. The zero-order chi connectivity index (χ0) is 16.7. The summed E-state index contributed by atoms with van der Waals surface area (Å²) in [4.78, 5) is 9.64. The number of aliphatic imine (C=N–C) groups is 1. The van der Waals surface area contributed by atoms with Crippen LogP contribution >= 0.6 is 0 Å². The van der Waals surface area contributed by atoms with Crippen molar-refractivity contribution in [2.45, 2.75) is 52.9 Å². The molecule has 0 aliphatic carbocycles. The summed E-state index contributed by atoms with van der Waals surface area (Å²) >= 11 is 0. The molecule has 0 saturated carbocycles. The smallest absolute Gasteiger partial charge is 0.193 e. The predicted octanol–water partition coefficient (Wildman–Crippen LogP) is 3.05. The summed E-state index contributed by atoms with van der Waals surface area (Å²) in [5.74, 6) is 3.66. The first-order valence-electron chi connectivity index (χ1n) is 9.89. The second-order valence-electron chi connectivity index (χ2n) is 7.45. The maximum Gasteiger partial charge on any atom is 0.193 e. The molecule has 0 amide bonds. The minimum Gasteiger partial charge on any atom is -0.356 e. The molecule has 0 aromatic rings. The van der Waals surface area contributed by atoms with Crippen molar-refractivity contribution in [1.82, 2.24) is 15.1 Å². The van der Waals surface area contributed by atoms with E-state index in [4.69, 9.17) is 0 Å². The van der Waals surface area contributed by atoms with Crippen molar-refractivity contribution in [3.63, 3.8) is 0 Å². The fraction of sp³-hybridized carbons (Fsp3) is 0.947. The molecular formula is C19H38N4. The molecule has 2 fully saturated rings. The molecule has 2 rings (SSSR count). The highest BCUT2D eigenvalue weighted by atomic mass is 15.3. The highest BCUT2D eigenvalue weighted by Gasteiger charge is 2.30. The van der Waals surface area contributed by atoms with Gasteiger partial charge in [0.05, 0.1) is 0 Å². The molecule has 2 aliphatic heterocycles. The van der Waals surface area contributed by atoms with E-state index in [9.17, 15) is 0 Å². The quantitative estimate of drug-likeness (QED) is 0.577. The lowest BCUT2D eigenvalue weighted by Crippen LogP contribution is -2.42. The SMILES string of the molecule is CCCN1CCC(CNC(=NC)N2CCC(C(CC)CC)C2)C1. The van der Waals surface area contributed by atoms with Gasteiger partial charge in [0.25, 0.3) is 0 Å². The summed E-state index contributed by atoms with van der Waals surface area (Å²) in [6, 6.07) is 0. The van der Waals surface area contributed by atoms with E-state index in [1.165, 1.54) is 64.8 Å². The molecule has 2 heterocycles. The van der Waals surface area contributed by atoms with Crippen molar-refractivity contribution >= 4 is 5.96 Å². The Balaban J connectivity index is 1.76. The Hall–Kier alpha value is -0.770. The Bertz CT molecular complexity index is 364. The normalized spacial score (nSPS) is 26.5. The lowest BCUT2D eigenvalue weighted by Gasteiger charge is -2.25. The van der Waals surface area contributed by atoms with Crippen LogP contribution in [0.25, 0.3) is 0 Å². The Morgan fingerprint density at radius 1 is 1.13 bits per heavy atom. The average molecular weight is 323 g/mol. The van der Waals surface area contributed by atoms with Crippen LogP contribution in [0.1, 0.15) is 52.9 Å². The first kappa shape index (κ1) is 18.6. The summed E-state index contributed by atoms with van der Waals surface area (Å²) in [5.41, 5.74) is 0. The molecule has 23 heavy (non-hydrogen) atoms. The van der Waals surface area contributed by atoms with E-state index >= 15 is 0 Å². The second kappa shape index (κ2) is 9.51. The van der Waals surface area contributed by atoms with Crippen LogP contribution in [0, 0.1) is 17.8 Å². The Morgan fingerprint density at radius 3 is 2.57 bits per heavy atom. The minimum atomic E-state index is 0.788. The third kappa shape index (κ3) is 5.10. The van der Waals surface area contributed by atoms with Crippen molar-refractivity contribution in [2.24, 2.45) is 22.7 Å². The van der Waals surface area contributed by atoms with Crippen LogP contribution in [-0.4, -0.2) is 62.1 Å². The van der Waals surface area contributed by atoms with Crippen LogP contribution in [0.3, 0.4) is 0 Å². The average Bonchev–Trinajstić information content (AvgIpc) is 3.20. The highest BCUT2D eigenvalue weighted by molar-refractivity contribution is 5.80. The van der Waals surface area contributed by atoms with Crippen LogP contribution < -0.4 is 5.32 Å². The van der Waals surface area contributed by atoms with Crippen molar-refractivity contribution in [3.8, 4) is 0 Å². The van der Waals surface area contributed by atoms with Gasteiger partial charge in [0.15, 0.2) is 5.96 Å². The topological polar surface area (TPSA) is 30.9 Å². The fourth-order valence-electron chi connectivity index (χ4n) is 4.49. The third-order valence-corrected chi connectivity index (χ3v) is 5.91. The van der Waals surface area contributed by atoms with E-state index in [0.29, 0.717) is 0 Å². The number of likely N-dealkylation sites (tertiary alicyclic amines) is 2. The van der Waals surface area contributed by atoms with Gasteiger partial charge < -0.3 is 15.1 Å². The lowest BCUT2D eigenvalue weighted by atomic mass is 9.87. The zero-order valence-electron chi connectivity index (χ0n) is 15.9. The molecule has 4 heteroatoms. The number of nitrogens with one attached hydrogen (secondary N) is 1. The van der Waals surface area contributed by atoms with Gasteiger partial charge in [0.2, 0.25) is 0 Å². The Labute approximate surface area is 143 Å². The summed E-state index contributed by atoms with van der Waals surface area (Å²) in [7, 11) is 1.94. The predicted molar refractivity (Wildman–Crippen MR) is 100.0 cm³/mol.